The zero-order valence-corrected chi connectivity index (χ0v) is 13.5. The summed E-state index contributed by atoms with van der Waals surface area (Å²) in [4.78, 5) is 0. The van der Waals surface area contributed by atoms with Crippen LogP contribution in [0.5, 0.6) is 0 Å². The topological polar surface area (TPSA) is 60.7 Å². The highest BCUT2D eigenvalue weighted by Gasteiger charge is 2.39. The third-order valence-electron chi connectivity index (χ3n) is 4.39. The molecule has 0 bridgehead atoms. The van der Waals surface area contributed by atoms with Gasteiger partial charge >= 0.3 is 0 Å². The van der Waals surface area contributed by atoms with Crippen LogP contribution in [0.2, 0.25) is 0 Å². The van der Waals surface area contributed by atoms with Crippen LogP contribution in [0.25, 0.3) is 0 Å². The van der Waals surface area contributed by atoms with E-state index < -0.39 is 18.3 Å². The van der Waals surface area contributed by atoms with Gasteiger partial charge in [0.1, 0.15) is 0 Å². The molecule has 0 amide bonds. The Morgan fingerprint density at radius 2 is 1.86 bits per heavy atom. The van der Waals surface area contributed by atoms with Crippen molar-refractivity contribution in [2.75, 3.05) is 0 Å². The van der Waals surface area contributed by atoms with E-state index in [9.17, 15) is 15.3 Å². The normalized spacial score (nSPS) is 31.5. The number of hydrogen-bond donors (Lipinski definition) is 3. The van der Waals surface area contributed by atoms with Crippen LogP contribution in [0.3, 0.4) is 0 Å². The van der Waals surface area contributed by atoms with Gasteiger partial charge in [0.25, 0.3) is 0 Å². The average molecular weight is 296 g/mol. The molecule has 1 fully saturated rings. The Morgan fingerprint density at radius 3 is 2.52 bits per heavy atom. The fourth-order valence-electron chi connectivity index (χ4n) is 3.08. The highest BCUT2D eigenvalue weighted by Crippen LogP contribution is 2.36. The highest BCUT2D eigenvalue weighted by atomic mass is 16.3. The molecule has 0 aromatic heterocycles. The fraction of sp³-hybridized carbons (Fsp3) is 0.778. The SMILES string of the molecule is CC/C=C/CC1C(O)CC(O)C1/C=C/C(O)CCCCC. The van der Waals surface area contributed by atoms with Crippen LogP contribution in [-0.2, 0) is 0 Å². The van der Waals surface area contributed by atoms with Gasteiger partial charge in [-0.3, -0.25) is 0 Å². The zero-order valence-electron chi connectivity index (χ0n) is 13.5. The third-order valence-corrected chi connectivity index (χ3v) is 4.39. The Hall–Kier alpha value is -0.640. The number of allylic oxidation sites excluding steroid dienone is 2. The summed E-state index contributed by atoms with van der Waals surface area (Å²) < 4.78 is 0. The van der Waals surface area contributed by atoms with Gasteiger partial charge in [-0.15, -0.1) is 0 Å². The van der Waals surface area contributed by atoms with Crippen molar-refractivity contribution in [2.24, 2.45) is 11.8 Å². The zero-order chi connectivity index (χ0) is 15.7. The third kappa shape index (κ3) is 6.33. The maximum Gasteiger partial charge on any atom is 0.0721 e. The van der Waals surface area contributed by atoms with Crippen molar-refractivity contribution in [1.82, 2.24) is 0 Å². The predicted molar refractivity (Wildman–Crippen MR) is 86.9 cm³/mol. The van der Waals surface area contributed by atoms with Crippen LogP contribution in [0.15, 0.2) is 24.3 Å². The standard InChI is InChI=1S/C18H32O3/c1-3-5-7-9-14(19)11-12-16-15(10-8-6-4-2)17(20)13-18(16)21/h6,8,11-12,14-21H,3-5,7,9-10,13H2,1-2H3/b8-6+,12-11+. The molecule has 5 atom stereocenters. The lowest BCUT2D eigenvalue weighted by atomic mass is 9.89. The second-order valence-electron chi connectivity index (χ2n) is 6.17. The first-order valence-corrected chi connectivity index (χ1v) is 8.47. The summed E-state index contributed by atoms with van der Waals surface area (Å²) in [5.74, 6) is 0.00391. The molecule has 3 heteroatoms. The molecule has 5 unspecified atom stereocenters. The smallest absolute Gasteiger partial charge is 0.0721 e. The molecule has 3 nitrogen and oxygen atoms in total. The molecule has 21 heavy (non-hydrogen) atoms. The molecule has 0 aliphatic heterocycles. The van der Waals surface area contributed by atoms with E-state index in [1.165, 1.54) is 0 Å². The largest absolute Gasteiger partial charge is 0.393 e. The summed E-state index contributed by atoms with van der Waals surface area (Å²) in [5, 5.41) is 30.1. The number of unbranched alkanes of at least 4 members (excludes halogenated alkanes) is 2. The van der Waals surface area contributed by atoms with Gasteiger partial charge < -0.3 is 15.3 Å². The predicted octanol–water partition coefficient (Wildman–Crippen LogP) is 3.20. The van der Waals surface area contributed by atoms with Gasteiger partial charge in [-0.2, -0.15) is 0 Å². The first-order chi connectivity index (χ1) is 10.1. The summed E-state index contributed by atoms with van der Waals surface area (Å²) in [7, 11) is 0. The van der Waals surface area contributed by atoms with Crippen LogP contribution in [0.1, 0.15) is 58.8 Å². The maximum absolute atomic E-state index is 10.1. The lowest BCUT2D eigenvalue weighted by Crippen LogP contribution is -2.20. The van der Waals surface area contributed by atoms with E-state index in [1.807, 2.05) is 6.08 Å². The molecular formula is C18H32O3. The van der Waals surface area contributed by atoms with Crippen molar-refractivity contribution >= 4 is 0 Å². The maximum atomic E-state index is 10.1. The van der Waals surface area contributed by atoms with Gasteiger partial charge in [0.15, 0.2) is 0 Å². The fourth-order valence-corrected chi connectivity index (χ4v) is 3.08. The minimum atomic E-state index is -0.501. The van der Waals surface area contributed by atoms with Crippen molar-refractivity contribution in [1.29, 1.82) is 0 Å². The van der Waals surface area contributed by atoms with E-state index in [0.29, 0.717) is 6.42 Å². The van der Waals surface area contributed by atoms with Gasteiger partial charge in [0.05, 0.1) is 18.3 Å². The molecule has 0 aromatic rings. The number of rotatable bonds is 9. The highest BCUT2D eigenvalue weighted by molar-refractivity contribution is 5.06. The summed E-state index contributed by atoms with van der Waals surface area (Å²) in [5.41, 5.74) is 0. The van der Waals surface area contributed by atoms with Crippen LogP contribution in [0, 0.1) is 11.8 Å². The molecule has 0 radical (unpaired) electrons. The van der Waals surface area contributed by atoms with Gasteiger partial charge in [-0.25, -0.2) is 0 Å². The lowest BCUT2D eigenvalue weighted by molar-refractivity contribution is 0.120. The second-order valence-corrected chi connectivity index (χ2v) is 6.17. The van der Waals surface area contributed by atoms with E-state index in [-0.39, 0.29) is 11.8 Å². The Balaban J connectivity index is 2.53. The van der Waals surface area contributed by atoms with Gasteiger partial charge in [-0.1, -0.05) is 57.4 Å². The first-order valence-electron chi connectivity index (χ1n) is 8.47. The molecule has 1 aliphatic carbocycles. The molecule has 1 saturated carbocycles. The van der Waals surface area contributed by atoms with Crippen molar-refractivity contribution < 1.29 is 15.3 Å². The molecular weight excluding hydrogens is 264 g/mol. The van der Waals surface area contributed by atoms with Crippen molar-refractivity contribution in [3.63, 3.8) is 0 Å². The van der Waals surface area contributed by atoms with E-state index in [4.69, 9.17) is 0 Å². The van der Waals surface area contributed by atoms with Gasteiger partial charge in [-0.05, 0) is 25.2 Å². The molecule has 1 aliphatic rings. The average Bonchev–Trinajstić information content (AvgIpc) is 2.71. The molecule has 0 spiro atoms. The lowest BCUT2D eigenvalue weighted by Gasteiger charge is -2.19. The van der Waals surface area contributed by atoms with Gasteiger partial charge in [0, 0.05) is 12.3 Å². The van der Waals surface area contributed by atoms with E-state index >= 15 is 0 Å². The minimum Gasteiger partial charge on any atom is -0.393 e. The van der Waals surface area contributed by atoms with Crippen molar-refractivity contribution in [2.45, 2.75) is 77.1 Å². The quantitative estimate of drug-likeness (QED) is 0.452. The summed E-state index contributed by atoms with van der Waals surface area (Å²) in [6.07, 6.45) is 12.8. The van der Waals surface area contributed by atoms with E-state index in [0.717, 1.165) is 38.5 Å². The number of aliphatic hydroxyl groups excluding tert-OH is 3. The molecule has 3 N–H and O–H groups in total. The number of aliphatic hydroxyl groups is 3. The number of hydrogen-bond acceptors (Lipinski definition) is 3. The van der Waals surface area contributed by atoms with Crippen LogP contribution in [-0.4, -0.2) is 33.6 Å². The molecule has 122 valence electrons. The monoisotopic (exact) mass is 296 g/mol. The van der Waals surface area contributed by atoms with Crippen molar-refractivity contribution in [3.8, 4) is 0 Å². The Kier molecular flexibility index (Phi) is 8.90. The van der Waals surface area contributed by atoms with Crippen LogP contribution < -0.4 is 0 Å². The summed E-state index contributed by atoms with van der Waals surface area (Å²) >= 11 is 0. The van der Waals surface area contributed by atoms with Crippen LogP contribution >= 0.6 is 0 Å². The Morgan fingerprint density at radius 1 is 1.10 bits per heavy atom. The molecule has 1 rings (SSSR count). The summed E-state index contributed by atoms with van der Waals surface area (Å²) in [6, 6.07) is 0. The summed E-state index contributed by atoms with van der Waals surface area (Å²) in [6.45, 7) is 4.23. The first kappa shape index (κ1) is 18.4. The van der Waals surface area contributed by atoms with E-state index in [2.05, 4.69) is 26.0 Å². The second kappa shape index (κ2) is 10.1. The molecule has 0 aromatic carbocycles. The minimum absolute atomic E-state index is 0.0534. The Labute approximate surface area is 129 Å². The molecule has 0 heterocycles. The van der Waals surface area contributed by atoms with E-state index in [1.54, 1.807) is 6.08 Å². The van der Waals surface area contributed by atoms with Gasteiger partial charge in [0.2, 0.25) is 0 Å². The Bertz CT molecular complexity index is 324. The molecule has 0 saturated heterocycles. The van der Waals surface area contributed by atoms with Crippen LogP contribution in [0.4, 0.5) is 0 Å². The van der Waals surface area contributed by atoms with Crippen molar-refractivity contribution in [3.05, 3.63) is 24.3 Å².